The number of rotatable bonds is 5. The van der Waals surface area contributed by atoms with Crippen LogP contribution in [0.1, 0.15) is 17.6 Å². The average molecular weight is 289 g/mol. The number of hydrogen-bond donors (Lipinski definition) is 0. The highest BCUT2D eigenvalue weighted by molar-refractivity contribution is 8.02. The molecule has 0 radical (unpaired) electrons. The molecular formula is C9H11N3S4. The molecule has 2 heterocycles. The zero-order valence-electron chi connectivity index (χ0n) is 8.97. The van der Waals surface area contributed by atoms with Crippen LogP contribution in [0.5, 0.6) is 0 Å². The third-order valence-corrected chi connectivity index (χ3v) is 5.92. The Morgan fingerprint density at radius 1 is 1.31 bits per heavy atom. The Bertz CT molecular complexity index is 409. The zero-order chi connectivity index (χ0) is 11.4. The van der Waals surface area contributed by atoms with Crippen molar-refractivity contribution < 1.29 is 0 Å². The van der Waals surface area contributed by atoms with E-state index in [1.54, 1.807) is 46.2 Å². The van der Waals surface area contributed by atoms with E-state index in [9.17, 15) is 0 Å². The van der Waals surface area contributed by atoms with Gasteiger partial charge in [0.1, 0.15) is 0 Å². The van der Waals surface area contributed by atoms with E-state index in [2.05, 4.69) is 27.5 Å². The van der Waals surface area contributed by atoms with Gasteiger partial charge in [0, 0.05) is 11.1 Å². The van der Waals surface area contributed by atoms with Crippen molar-refractivity contribution in [1.29, 1.82) is 0 Å². The molecule has 0 aromatic carbocycles. The summed E-state index contributed by atoms with van der Waals surface area (Å²) in [5.41, 5.74) is 1.15. The predicted molar refractivity (Wildman–Crippen MR) is 72.7 cm³/mol. The van der Waals surface area contributed by atoms with Crippen LogP contribution in [0.15, 0.2) is 14.1 Å². The maximum Gasteiger partial charge on any atom is 0.175 e. The number of aromatic nitrogens is 3. The summed E-state index contributed by atoms with van der Waals surface area (Å²) < 4.78 is 2.05. The molecule has 2 aromatic rings. The molecule has 0 saturated carbocycles. The first-order valence-electron chi connectivity index (χ1n) is 4.75. The second-order valence-corrected chi connectivity index (χ2v) is 7.11. The summed E-state index contributed by atoms with van der Waals surface area (Å²) in [7, 11) is 0. The minimum Gasteiger partial charge on any atom is -0.245 e. The maximum absolute atomic E-state index is 4.52. The number of nitrogens with zero attached hydrogens (tertiary/aromatic N) is 3. The Hall–Kier alpha value is -0.110. The van der Waals surface area contributed by atoms with Crippen molar-refractivity contribution in [1.82, 2.24) is 15.2 Å². The quantitative estimate of drug-likeness (QED) is 0.787. The Morgan fingerprint density at radius 3 is 2.75 bits per heavy atom. The molecule has 86 valence electrons. The molecule has 7 heteroatoms. The molecule has 2 aromatic heterocycles. The molecule has 0 bridgehead atoms. The van der Waals surface area contributed by atoms with E-state index in [0.717, 1.165) is 26.5 Å². The third kappa shape index (κ3) is 3.19. The fourth-order valence-corrected chi connectivity index (χ4v) is 4.23. The summed E-state index contributed by atoms with van der Waals surface area (Å²) in [6, 6.07) is 0. The first kappa shape index (κ1) is 12.3. The third-order valence-electron chi connectivity index (χ3n) is 1.81. The fraction of sp³-hybridized carbons (Fsp3) is 0.444. The molecule has 0 atom stereocenters. The van der Waals surface area contributed by atoms with Crippen LogP contribution in [0.3, 0.4) is 0 Å². The van der Waals surface area contributed by atoms with E-state index in [1.807, 2.05) is 6.26 Å². The normalized spacial score (nSPS) is 10.9. The summed E-state index contributed by atoms with van der Waals surface area (Å²) in [6.07, 6.45) is 3.04. The largest absolute Gasteiger partial charge is 0.245 e. The van der Waals surface area contributed by atoms with E-state index in [1.165, 1.54) is 5.01 Å². The highest BCUT2D eigenvalue weighted by Crippen LogP contribution is 2.29. The number of hydrogen-bond acceptors (Lipinski definition) is 7. The maximum atomic E-state index is 4.52. The minimum absolute atomic E-state index is 0.888. The standard InChI is InChI=1S/C9H11N3S4/c1-3-7-10-6(4-14-7)5-15-9-12-11-8(13-2)16-9/h4H,3,5H2,1-2H3. The lowest BCUT2D eigenvalue weighted by Gasteiger charge is -1.91. The molecular weight excluding hydrogens is 278 g/mol. The molecule has 0 saturated heterocycles. The zero-order valence-corrected chi connectivity index (χ0v) is 12.2. The Labute approximate surface area is 111 Å². The highest BCUT2D eigenvalue weighted by Gasteiger charge is 2.06. The van der Waals surface area contributed by atoms with Gasteiger partial charge >= 0.3 is 0 Å². The smallest absolute Gasteiger partial charge is 0.175 e. The number of thiazole rings is 1. The van der Waals surface area contributed by atoms with Crippen LogP contribution >= 0.6 is 46.2 Å². The SMILES string of the molecule is CCc1nc(CSc2nnc(SC)s2)cs1. The summed E-state index contributed by atoms with van der Waals surface area (Å²) in [5, 5.41) is 11.5. The lowest BCUT2D eigenvalue weighted by Crippen LogP contribution is -1.82. The van der Waals surface area contributed by atoms with Gasteiger partial charge in [-0.15, -0.1) is 21.5 Å². The summed E-state index contributed by atoms with van der Waals surface area (Å²) >= 11 is 6.72. The van der Waals surface area contributed by atoms with Crippen molar-refractivity contribution in [2.45, 2.75) is 27.8 Å². The van der Waals surface area contributed by atoms with Crippen LogP contribution in [-0.4, -0.2) is 21.4 Å². The van der Waals surface area contributed by atoms with Crippen molar-refractivity contribution in [3.63, 3.8) is 0 Å². The van der Waals surface area contributed by atoms with E-state index < -0.39 is 0 Å². The average Bonchev–Trinajstić information content (AvgIpc) is 2.95. The van der Waals surface area contributed by atoms with Gasteiger partial charge in [-0.3, -0.25) is 0 Å². The number of thioether (sulfide) groups is 2. The van der Waals surface area contributed by atoms with Gasteiger partial charge in [-0.1, -0.05) is 41.8 Å². The van der Waals surface area contributed by atoms with Gasteiger partial charge in [-0.25, -0.2) is 4.98 Å². The monoisotopic (exact) mass is 289 g/mol. The molecule has 0 amide bonds. The van der Waals surface area contributed by atoms with Gasteiger partial charge in [0.25, 0.3) is 0 Å². The van der Waals surface area contributed by atoms with Crippen molar-refractivity contribution in [2.24, 2.45) is 0 Å². The molecule has 0 spiro atoms. The number of aryl methyl sites for hydroxylation is 1. The van der Waals surface area contributed by atoms with E-state index in [-0.39, 0.29) is 0 Å². The van der Waals surface area contributed by atoms with Crippen LogP contribution in [0.25, 0.3) is 0 Å². The second kappa shape index (κ2) is 6.00. The summed E-state index contributed by atoms with van der Waals surface area (Å²) in [5.74, 6) is 0.888. The highest BCUT2D eigenvalue weighted by atomic mass is 32.2. The Morgan fingerprint density at radius 2 is 2.12 bits per heavy atom. The van der Waals surface area contributed by atoms with Gasteiger partial charge in [-0.05, 0) is 12.7 Å². The molecule has 3 nitrogen and oxygen atoms in total. The predicted octanol–water partition coefficient (Wildman–Crippen LogP) is 3.57. The van der Waals surface area contributed by atoms with Crippen LogP contribution in [-0.2, 0) is 12.2 Å². The van der Waals surface area contributed by atoms with E-state index in [0.29, 0.717) is 0 Å². The van der Waals surface area contributed by atoms with Crippen LogP contribution in [0.4, 0.5) is 0 Å². The van der Waals surface area contributed by atoms with Gasteiger partial charge in [0.05, 0.1) is 10.7 Å². The molecule has 2 rings (SSSR count). The van der Waals surface area contributed by atoms with Gasteiger partial charge < -0.3 is 0 Å². The van der Waals surface area contributed by atoms with Gasteiger partial charge in [-0.2, -0.15) is 0 Å². The van der Waals surface area contributed by atoms with Crippen LogP contribution < -0.4 is 0 Å². The minimum atomic E-state index is 0.888. The van der Waals surface area contributed by atoms with Crippen molar-refractivity contribution >= 4 is 46.2 Å². The lowest BCUT2D eigenvalue weighted by molar-refractivity contribution is 0.955. The van der Waals surface area contributed by atoms with Crippen molar-refractivity contribution in [2.75, 3.05) is 6.26 Å². The van der Waals surface area contributed by atoms with Crippen LogP contribution in [0, 0.1) is 0 Å². The molecule has 16 heavy (non-hydrogen) atoms. The summed E-state index contributed by atoms with van der Waals surface area (Å²) in [6.45, 7) is 2.13. The van der Waals surface area contributed by atoms with Crippen LogP contribution in [0.2, 0.25) is 0 Å². The molecule has 0 unspecified atom stereocenters. The molecule has 0 aliphatic heterocycles. The molecule has 0 fully saturated rings. The molecule has 0 aliphatic carbocycles. The van der Waals surface area contributed by atoms with Crippen molar-refractivity contribution in [3.05, 3.63) is 16.1 Å². The van der Waals surface area contributed by atoms with E-state index in [4.69, 9.17) is 0 Å². The van der Waals surface area contributed by atoms with Gasteiger partial charge in [0.15, 0.2) is 8.68 Å². The summed E-state index contributed by atoms with van der Waals surface area (Å²) in [4.78, 5) is 4.52. The van der Waals surface area contributed by atoms with Crippen molar-refractivity contribution in [3.8, 4) is 0 Å². The Kier molecular flexibility index (Phi) is 4.63. The Balaban J connectivity index is 1.91. The topological polar surface area (TPSA) is 38.7 Å². The molecule has 0 aliphatic rings. The van der Waals surface area contributed by atoms with Gasteiger partial charge in [0.2, 0.25) is 0 Å². The first-order chi connectivity index (χ1) is 7.81. The lowest BCUT2D eigenvalue weighted by atomic mass is 10.5. The first-order valence-corrected chi connectivity index (χ1v) is 8.66. The fourth-order valence-electron chi connectivity index (χ4n) is 1.05. The molecule has 0 N–H and O–H groups in total. The second-order valence-electron chi connectivity index (χ2n) is 2.91. The van der Waals surface area contributed by atoms with E-state index >= 15 is 0 Å².